The molecule has 0 unspecified atom stereocenters. The van der Waals surface area contributed by atoms with Crippen LogP contribution in [0.5, 0.6) is 0 Å². The smallest absolute Gasteiger partial charge is 0.254 e. The molecule has 0 fully saturated rings. The van der Waals surface area contributed by atoms with Crippen LogP contribution in [-0.2, 0) is 13.0 Å². The van der Waals surface area contributed by atoms with Crippen molar-refractivity contribution in [2.45, 2.75) is 19.9 Å². The summed E-state index contributed by atoms with van der Waals surface area (Å²) in [6, 6.07) is 26.7. The lowest BCUT2D eigenvalue weighted by Gasteiger charge is -2.19. The molecule has 35 heavy (non-hydrogen) atoms. The Morgan fingerprint density at radius 1 is 0.971 bits per heavy atom. The predicted octanol–water partition coefficient (Wildman–Crippen LogP) is 5.93. The molecule has 4 rings (SSSR count). The number of carbonyl (C=O) groups excluding carboxylic acids is 2. The summed E-state index contributed by atoms with van der Waals surface area (Å²) in [5.41, 5.74) is 7.15. The van der Waals surface area contributed by atoms with E-state index in [0.717, 1.165) is 34.4 Å². The molecular formula is C30H25N3O2. The van der Waals surface area contributed by atoms with E-state index in [1.165, 1.54) is 5.56 Å². The van der Waals surface area contributed by atoms with Crippen molar-refractivity contribution >= 4 is 12.2 Å². The number of aromatic nitrogens is 1. The summed E-state index contributed by atoms with van der Waals surface area (Å²) < 4.78 is 0. The first-order valence-corrected chi connectivity index (χ1v) is 11.4. The van der Waals surface area contributed by atoms with Crippen molar-refractivity contribution in [3.8, 4) is 28.5 Å². The molecule has 0 N–H and O–H groups in total. The molecule has 4 aromatic rings. The Balaban J connectivity index is 1.71. The number of benzene rings is 3. The lowest BCUT2D eigenvalue weighted by Crippen LogP contribution is -2.27. The van der Waals surface area contributed by atoms with Crippen LogP contribution in [0.15, 0.2) is 85.1 Å². The van der Waals surface area contributed by atoms with Crippen LogP contribution in [0.1, 0.15) is 44.3 Å². The molecule has 0 atom stereocenters. The standard InChI is InChI=1S/C30H25N3O2/c1-3-21-8-12-24(13-9-21)28-16-23(18-32-29(28)25-14-10-22(17-31)11-15-25)19-33(2)30(35)27-7-5-4-6-26(27)20-34/h4-16,18,20H,3,19H2,1-2H3. The van der Waals surface area contributed by atoms with E-state index >= 15 is 0 Å². The molecule has 0 spiro atoms. The van der Waals surface area contributed by atoms with Crippen LogP contribution in [0.3, 0.4) is 0 Å². The summed E-state index contributed by atoms with van der Waals surface area (Å²) in [6.45, 7) is 2.46. The third kappa shape index (κ3) is 5.18. The Hall–Kier alpha value is -4.56. The van der Waals surface area contributed by atoms with Gasteiger partial charge >= 0.3 is 0 Å². The zero-order valence-corrected chi connectivity index (χ0v) is 19.7. The van der Waals surface area contributed by atoms with Gasteiger partial charge in [0.2, 0.25) is 0 Å². The van der Waals surface area contributed by atoms with Crippen molar-refractivity contribution in [1.82, 2.24) is 9.88 Å². The summed E-state index contributed by atoms with van der Waals surface area (Å²) in [5.74, 6) is -0.224. The summed E-state index contributed by atoms with van der Waals surface area (Å²) in [7, 11) is 1.72. The lowest BCUT2D eigenvalue weighted by molar-refractivity contribution is 0.0782. The van der Waals surface area contributed by atoms with Gasteiger partial charge in [-0.25, -0.2) is 0 Å². The maximum atomic E-state index is 13.0. The van der Waals surface area contributed by atoms with Crippen LogP contribution < -0.4 is 0 Å². The first-order chi connectivity index (χ1) is 17.0. The van der Waals surface area contributed by atoms with Crippen LogP contribution in [0.4, 0.5) is 0 Å². The van der Waals surface area contributed by atoms with E-state index in [0.29, 0.717) is 29.5 Å². The van der Waals surface area contributed by atoms with E-state index in [2.05, 4.69) is 43.3 Å². The number of nitrogens with zero attached hydrogens (tertiary/aromatic N) is 3. The van der Waals surface area contributed by atoms with Gasteiger partial charge in [0.1, 0.15) is 0 Å². The molecule has 1 heterocycles. The minimum Gasteiger partial charge on any atom is -0.337 e. The average Bonchev–Trinajstić information content (AvgIpc) is 2.92. The van der Waals surface area contributed by atoms with Gasteiger partial charge in [0.15, 0.2) is 6.29 Å². The van der Waals surface area contributed by atoms with Crippen LogP contribution in [0.25, 0.3) is 22.4 Å². The number of aldehydes is 1. The summed E-state index contributed by atoms with van der Waals surface area (Å²) in [5, 5.41) is 9.14. The first kappa shape index (κ1) is 23.6. The highest BCUT2D eigenvalue weighted by Crippen LogP contribution is 2.32. The molecule has 5 nitrogen and oxygen atoms in total. The molecule has 5 heteroatoms. The van der Waals surface area contributed by atoms with Gasteiger partial charge in [-0.3, -0.25) is 14.6 Å². The molecule has 0 aliphatic carbocycles. The summed E-state index contributed by atoms with van der Waals surface area (Å²) in [6.07, 6.45) is 3.43. The Labute approximate surface area is 205 Å². The molecule has 0 radical (unpaired) electrons. The number of carbonyl (C=O) groups is 2. The third-order valence-electron chi connectivity index (χ3n) is 5.99. The highest BCUT2D eigenvalue weighted by molar-refractivity contribution is 6.01. The van der Waals surface area contributed by atoms with Crippen molar-refractivity contribution in [2.75, 3.05) is 7.05 Å². The van der Waals surface area contributed by atoms with Gasteiger partial charge < -0.3 is 4.90 Å². The van der Waals surface area contributed by atoms with Crippen LogP contribution in [-0.4, -0.2) is 29.1 Å². The van der Waals surface area contributed by atoms with Gasteiger partial charge in [-0.1, -0.05) is 61.5 Å². The molecule has 0 saturated carbocycles. The Morgan fingerprint density at radius 3 is 2.31 bits per heavy atom. The second kappa shape index (κ2) is 10.6. The quantitative estimate of drug-likeness (QED) is 0.321. The number of nitriles is 1. The van der Waals surface area contributed by atoms with Gasteiger partial charge in [-0.05, 0) is 47.4 Å². The number of pyridine rings is 1. The second-order valence-corrected chi connectivity index (χ2v) is 8.35. The average molecular weight is 460 g/mol. The first-order valence-electron chi connectivity index (χ1n) is 11.4. The van der Waals surface area contributed by atoms with E-state index in [4.69, 9.17) is 10.2 Å². The number of rotatable bonds is 7. The van der Waals surface area contributed by atoms with Crippen molar-refractivity contribution in [2.24, 2.45) is 0 Å². The van der Waals surface area contributed by atoms with Gasteiger partial charge in [0.25, 0.3) is 5.91 Å². The minimum atomic E-state index is -0.224. The van der Waals surface area contributed by atoms with E-state index in [1.807, 2.05) is 12.1 Å². The molecule has 3 aromatic carbocycles. The van der Waals surface area contributed by atoms with Gasteiger partial charge in [-0.15, -0.1) is 0 Å². The van der Waals surface area contributed by atoms with Gasteiger partial charge in [0, 0.05) is 36.5 Å². The number of hydrogen-bond donors (Lipinski definition) is 0. The normalized spacial score (nSPS) is 10.4. The van der Waals surface area contributed by atoms with Crippen molar-refractivity contribution in [3.63, 3.8) is 0 Å². The Kier molecular flexibility index (Phi) is 7.13. The number of amides is 1. The van der Waals surface area contributed by atoms with Crippen molar-refractivity contribution in [3.05, 3.63) is 113 Å². The molecule has 1 amide bonds. The third-order valence-corrected chi connectivity index (χ3v) is 5.99. The van der Waals surface area contributed by atoms with Gasteiger partial charge in [0.05, 0.1) is 22.9 Å². The van der Waals surface area contributed by atoms with E-state index in [9.17, 15) is 9.59 Å². The zero-order chi connectivity index (χ0) is 24.8. The molecule has 0 aliphatic rings. The molecule has 0 bridgehead atoms. The maximum absolute atomic E-state index is 13.0. The number of aryl methyl sites for hydroxylation is 1. The molecule has 0 aliphatic heterocycles. The number of hydrogen-bond acceptors (Lipinski definition) is 4. The highest BCUT2D eigenvalue weighted by atomic mass is 16.2. The summed E-state index contributed by atoms with van der Waals surface area (Å²) >= 11 is 0. The molecule has 1 aromatic heterocycles. The van der Waals surface area contributed by atoms with Crippen molar-refractivity contribution in [1.29, 1.82) is 5.26 Å². The fraction of sp³-hybridized carbons (Fsp3) is 0.133. The SMILES string of the molecule is CCc1ccc(-c2cc(CN(C)C(=O)c3ccccc3C=O)cnc2-c2ccc(C#N)cc2)cc1. The zero-order valence-electron chi connectivity index (χ0n) is 19.7. The fourth-order valence-electron chi connectivity index (χ4n) is 4.01. The predicted molar refractivity (Wildman–Crippen MR) is 137 cm³/mol. The lowest BCUT2D eigenvalue weighted by atomic mass is 9.96. The maximum Gasteiger partial charge on any atom is 0.254 e. The Morgan fingerprint density at radius 2 is 1.66 bits per heavy atom. The Bertz CT molecular complexity index is 1400. The molecular weight excluding hydrogens is 434 g/mol. The monoisotopic (exact) mass is 459 g/mol. The highest BCUT2D eigenvalue weighted by Gasteiger charge is 2.17. The fourth-order valence-corrected chi connectivity index (χ4v) is 4.01. The summed E-state index contributed by atoms with van der Waals surface area (Å²) in [4.78, 5) is 30.8. The molecule has 0 saturated heterocycles. The van der Waals surface area contributed by atoms with E-state index in [-0.39, 0.29) is 5.91 Å². The van der Waals surface area contributed by atoms with Gasteiger partial charge in [-0.2, -0.15) is 5.26 Å². The molecule has 172 valence electrons. The van der Waals surface area contributed by atoms with Crippen molar-refractivity contribution < 1.29 is 9.59 Å². The largest absolute Gasteiger partial charge is 0.337 e. The topological polar surface area (TPSA) is 74.1 Å². The van der Waals surface area contributed by atoms with E-state index < -0.39 is 0 Å². The van der Waals surface area contributed by atoms with Crippen LogP contribution in [0, 0.1) is 11.3 Å². The van der Waals surface area contributed by atoms with Crippen LogP contribution >= 0.6 is 0 Å². The minimum absolute atomic E-state index is 0.224. The second-order valence-electron chi connectivity index (χ2n) is 8.35. The van der Waals surface area contributed by atoms with E-state index in [1.54, 1.807) is 54.5 Å². The van der Waals surface area contributed by atoms with Crippen LogP contribution in [0.2, 0.25) is 0 Å².